The Labute approximate surface area is 121 Å². The number of ether oxygens (including phenoxy) is 1. The lowest BCUT2D eigenvalue weighted by atomic mass is 9.81. The Hall–Kier alpha value is -1.26. The van der Waals surface area contributed by atoms with Crippen LogP contribution in [0.1, 0.15) is 60.3 Å². The second-order valence-corrected chi connectivity index (χ2v) is 7.34. The zero-order valence-electron chi connectivity index (χ0n) is 13.2. The van der Waals surface area contributed by atoms with Crippen molar-refractivity contribution in [3.8, 4) is 0 Å². The first kappa shape index (κ1) is 16.8. The van der Waals surface area contributed by atoms with Crippen LogP contribution >= 0.6 is 0 Å². The van der Waals surface area contributed by atoms with Gasteiger partial charge in [0.1, 0.15) is 11.6 Å². The normalized spacial score (nSPS) is 17.4. The van der Waals surface area contributed by atoms with Crippen LogP contribution in [0.25, 0.3) is 0 Å². The molecule has 0 aromatic carbocycles. The van der Waals surface area contributed by atoms with E-state index in [4.69, 9.17) is 4.74 Å². The van der Waals surface area contributed by atoms with E-state index in [0.717, 1.165) is 6.42 Å². The zero-order valence-corrected chi connectivity index (χ0v) is 13.2. The Morgan fingerprint density at radius 2 is 1.80 bits per heavy atom. The van der Waals surface area contributed by atoms with Gasteiger partial charge < -0.3 is 15.2 Å². The van der Waals surface area contributed by atoms with Crippen molar-refractivity contribution in [3.05, 3.63) is 0 Å². The smallest absolute Gasteiger partial charge is 0.408 e. The van der Waals surface area contributed by atoms with Crippen LogP contribution in [-0.2, 0) is 9.53 Å². The van der Waals surface area contributed by atoms with Crippen LogP contribution < -0.4 is 5.32 Å². The van der Waals surface area contributed by atoms with Crippen molar-refractivity contribution in [2.24, 2.45) is 11.3 Å². The SMILES string of the molecule is CC(C)(C)OC(=O)NC(CCC(C)(C)C1CC1)C(=O)O. The summed E-state index contributed by atoms with van der Waals surface area (Å²) in [5.74, 6) is -0.319. The fraction of sp³-hybridized carbons (Fsp3) is 0.867. The number of hydrogen-bond donors (Lipinski definition) is 2. The van der Waals surface area contributed by atoms with Gasteiger partial charge in [-0.2, -0.15) is 0 Å². The van der Waals surface area contributed by atoms with Crippen LogP contribution in [0.3, 0.4) is 0 Å². The van der Waals surface area contributed by atoms with Gasteiger partial charge in [0.15, 0.2) is 0 Å². The number of carbonyl (C=O) groups is 2. The number of carboxylic acid groups (broad SMARTS) is 1. The number of hydrogen-bond acceptors (Lipinski definition) is 3. The molecule has 1 aliphatic rings. The molecule has 5 nitrogen and oxygen atoms in total. The maximum absolute atomic E-state index is 11.6. The highest BCUT2D eigenvalue weighted by atomic mass is 16.6. The van der Waals surface area contributed by atoms with Crippen molar-refractivity contribution in [1.29, 1.82) is 0 Å². The Morgan fingerprint density at radius 3 is 2.20 bits per heavy atom. The molecule has 20 heavy (non-hydrogen) atoms. The Balaban J connectivity index is 2.48. The van der Waals surface area contributed by atoms with Gasteiger partial charge in [0.05, 0.1) is 0 Å². The van der Waals surface area contributed by atoms with Gasteiger partial charge in [-0.3, -0.25) is 0 Å². The van der Waals surface area contributed by atoms with Crippen molar-refractivity contribution in [1.82, 2.24) is 5.32 Å². The van der Waals surface area contributed by atoms with E-state index >= 15 is 0 Å². The minimum absolute atomic E-state index is 0.142. The second-order valence-electron chi connectivity index (χ2n) is 7.34. The molecule has 0 bridgehead atoms. The lowest BCUT2D eigenvalue weighted by molar-refractivity contribution is -0.139. The first-order valence-corrected chi connectivity index (χ1v) is 7.23. The quantitative estimate of drug-likeness (QED) is 0.786. The van der Waals surface area contributed by atoms with E-state index in [2.05, 4.69) is 19.2 Å². The summed E-state index contributed by atoms with van der Waals surface area (Å²) >= 11 is 0. The zero-order chi connectivity index (χ0) is 15.6. The van der Waals surface area contributed by atoms with E-state index in [1.54, 1.807) is 20.8 Å². The molecule has 0 aromatic heterocycles. The van der Waals surface area contributed by atoms with Crippen LogP contribution in [-0.4, -0.2) is 28.8 Å². The molecule has 0 saturated heterocycles. The molecule has 1 aliphatic carbocycles. The largest absolute Gasteiger partial charge is 0.480 e. The van der Waals surface area contributed by atoms with Gasteiger partial charge in [0.2, 0.25) is 0 Å². The second kappa shape index (κ2) is 6.02. The monoisotopic (exact) mass is 285 g/mol. The third-order valence-corrected chi connectivity index (χ3v) is 3.75. The summed E-state index contributed by atoms with van der Waals surface area (Å²) in [7, 11) is 0. The highest BCUT2D eigenvalue weighted by molar-refractivity contribution is 5.79. The number of aliphatic carboxylic acids is 1. The van der Waals surface area contributed by atoms with E-state index in [0.29, 0.717) is 12.3 Å². The van der Waals surface area contributed by atoms with Crippen LogP contribution in [0.2, 0.25) is 0 Å². The molecule has 0 heterocycles. The number of carboxylic acids is 1. The highest BCUT2D eigenvalue weighted by Crippen LogP contribution is 2.47. The molecule has 0 radical (unpaired) electrons. The van der Waals surface area contributed by atoms with E-state index in [9.17, 15) is 14.7 Å². The molecule has 1 unspecified atom stereocenters. The van der Waals surface area contributed by atoms with Gasteiger partial charge in [-0.05, 0) is 57.8 Å². The van der Waals surface area contributed by atoms with Crippen molar-refractivity contribution in [3.63, 3.8) is 0 Å². The van der Waals surface area contributed by atoms with E-state index in [1.165, 1.54) is 12.8 Å². The van der Waals surface area contributed by atoms with Gasteiger partial charge in [0.25, 0.3) is 0 Å². The average molecular weight is 285 g/mol. The van der Waals surface area contributed by atoms with Crippen LogP contribution in [0.15, 0.2) is 0 Å². The maximum Gasteiger partial charge on any atom is 0.408 e. The highest BCUT2D eigenvalue weighted by Gasteiger charge is 2.38. The Morgan fingerprint density at radius 1 is 1.25 bits per heavy atom. The molecule has 0 aromatic rings. The van der Waals surface area contributed by atoms with Gasteiger partial charge in [-0.1, -0.05) is 13.8 Å². The van der Waals surface area contributed by atoms with Crippen molar-refractivity contribution in [2.75, 3.05) is 0 Å². The Kier molecular flexibility index (Phi) is 5.05. The van der Waals surface area contributed by atoms with Crippen LogP contribution in [0, 0.1) is 11.3 Å². The summed E-state index contributed by atoms with van der Waals surface area (Å²) in [5.41, 5.74) is -0.482. The van der Waals surface area contributed by atoms with Crippen LogP contribution in [0.4, 0.5) is 4.79 Å². The molecule has 2 N–H and O–H groups in total. The number of nitrogens with one attached hydrogen (secondary N) is 1. The van der Waals surface area contributed by atoms with Crippen LogP contribution in [0.5, 0.6) is 0 Å². The van der Waals surface area contributed by atoms with E-state index in [-0.39, 0.29) is 5.41 Å². The van der Waals surface area contributed by atoms with Gasteiger partial charge in [-0.15, -0.1) is 0 Å². The molecular formula is C15H27NO4. The summed E-state index contributed by atoms with van der Waals surface area (Å²) in [6.45, 7) is 9.57. The number of carbonyl (C=O) groups excluding carboxylic acids is 1. The van der Waals surface area contributed by atoms with Crippen molar-refractivity contribution >= 4 is 12.1 Å². The van der Waals surface area contributed by atoms with E-state index < -0.39 is 23.7 Å². The third kappa shape index (κ3) is 5.80. The molecular weight excluding hydrogens is 258 g/mol. The minimum atomic E-state index is -1.01. The molecule has 1 rings (SSSR count). The first-order chi connectivity index (χ1) is 9.01. The van der Waals surface area contributed by atoms with Gasteiger partial charge >= 0.3 is 12.1 Å². The molecule has 0 aliphatic heterocycles. The third-order valence-electron chi connectivity index (χ3n) is 3.75. The molecule has 1 saturated carbocycles. The number of amides is 1. The lowest BCUT2D eigenvalue weighted by Crippen LogP contribution is -2.44. The molecule has 1 fully saturated rings. The predicted octanol–water partition coefficient (Wildman–Crippen LogP) is 3.18. The van der Waals surface area contributed by atoms with Crippen molar-refractivity contribution < 1.29 is 19.4 Å². The maximum atomic E-state index is 11.6. The van der Waals surface area contributed by atoms with Gasteiger partial charge in [0, 0.05) is 0 Å². The summed E-state index contributed by atoms with van der Waals surface area (Å²) < 4.78 is 5.10. The standard InChI is InChI=1S/C15H27NO4/c1-14(2,3)20-13(19)16-11(12(17)18)8-9-15(4,5)10-6-7-10/h10-11H,6-9H2,1-5H3,(H,16,19)(H,17,18). The lowest BCUT2D eigenvalue weighted by Gasteiger charge is -2.27. The fourth-order valence-corrected chi connectivity index (χ4v) is 2.29. The first-order valence-electron chi connectivity index (χ1n) is 7.23. The fourth-order valence-electron chi connectivity index (χ4n) is 2.29. The Bertz CT molecular complexity index is 367. The predicted molar refractivity (Wildman–Crippen MR) is 76.5 cm³/mol. The summed E-state index contributed by atoms with van der Waals surface area (Å²) in [5, 5.41) is 11.6. The molecule has 0 spiro atoms. The average Bonchev–Trinajstić information content (AvgIpc) is 3.04. The van der Waals surface area contributed by atoms with Crippen molar-refractivity contribution in [2.45, 2.75) is 71.9 Å². The minimum Gasteiger partial charge on any atom is -0.480 e. The molecule has 116 valence electrons. The van der Waals surface area contributed by atoms with E-state index in [1.807, 2.05) is 0 Å². The summed E-state index contributed by atoms with van der Waals surface area (Å²) in [6, 6.07) is -0.886. The topological polar surface area (TPSA) is 75.6 Å². The summed E-state index contributed by atoms with van der Waals surface area (Å²) in [6.07, 6.45) is 2.99. The molecule has 1 amide bonds. The molecule has 1 atom stereocenters. The van der Waals surface area contributed by atoms with Gasteiger partial charge in [-0.25, -0.2) is 9.59 Å². The molecule has 5 heteroatoms. The number of alkyl carbamates (subject to hydrolysis) is 1. The summed E-state index contributed by atoms with van der Waals surface area (Å²) in [4.78, 5) is 22.9. The number of rotatable bonds is 6.